The van der Waals surface area contributed by atoms with Gasteiger partial charge in [0.05, 0.1) is 10.9 Å². The number of hydrogen-bond acceptors (Lipinski definition) is 7. The molecule has 2 aromatic heterocycles. The molecule has 11 heteroatoms. The zero-order chi connectivity index (χ0) is 28.6. The summed E-state index contributed by atoms with van der Waals surface area (Å²) in [6, 6.07) is 6.51. The Morgan fingerprint density at radius 1 is 1.05 bits per heavy atom. The van der Waals surface area contributed by atoms with Gasteiger partial charge in [0.1, 0.15) is 11.5 Å². The van der Waals surface area contributed by atoms with Gasteiger partial charge in [0.25, 0.3) is 5.56 Å². The highest BCUT2D eigenvalue weighted by Crippen LogP contribution is 2.30. The van der Waals surface area contributed by atoms with Gasteiger partial charge < -0.3 is 10.2 Å². The number of anilines is 2. The first-order valence-electron chi connectivity index (χ1n) is 14.2. The van der Waals surface area contributed by atoms with Gasteiger partial charge in [-0.2, -0.15) is 4.98 Å². The average molecular weight is 571 g/mol. The van der Waals surface area contributed by atoms with E-state index >= 15 is 4.39 Å². The molecule has 2 aliphatic carbocycles. The largest absolute Gasteiger partial charge is 0.351 e. The molecule has 3 aromatic rings. The van der Waals surface area contributed by atoms with Crippen LogP contribution in [0.5, 0.6) is 0 Å². The molecule has 2 fully saturated rings. The second kappa shape index (κ2) is 11.4. The summed E-state index contributed by atoms with van der Waals surface area (Å²) < 4.78 is 44.5. The molecule has 0 radical (unpaired) electrons. The summed E-state index contributed by atoms with van der Waals surface area (Å²) >= 11 is 0. The lowest BCUT2D eigenvalue weighted by Crippen LogP contribution is -2.36. The first-order valence-corrected chi connectivity index (χ1v) is 15.7. The molecular weight excluding hydrogens is 531 g/mol. The molecule has 2 aliphatic rings. The van der Waals surface area contributed by atoms with Crippen LogP contribution < -0.4 is 15.6 Å². The van der Waals surface area contributed by atoms with Crippen LogP contribution >= 0.6 is 0 Å². The number of hydrogen-bond donors (Lipinski definition) is 2. The van der Waals surface area contributed by atoms with Crippen LogP contribution in [-0.4, -0.2) is 59.3 Å². The summed E-state index contributed by atoms with van der Waals surface area (Å²) in [4.78, 5) is 25.2. The Morgan fingerprint density at radius 3 is 2.38 bits per heavy atom. The molecule has 0 aliphatic heterocycles. The quantitative estimate of drug-likeness (QED) is 0.386. The highest BCUT2D eigenvalue weighted by Gasteiger charge is 2.29. The monoisotopic (exact) mass is 570 g/mol. The zero-order valence-electron chi connectivity index (χ0n) is 23.7. The highest BCUT2D eigenvalue weighted by atomic mass is 32.2. The number of pyridine rings is 1. The van der Waals surface area contributed by atoms with E-state index in [1.807, 2.05) is 13.8 Å². The van der Waals surface area contributed by atoms with Gasteiger partial charge in [-0.15, -0.1) is 0 Å². The van der Waals surface area contributed by atoms with Gasteiger partial charge in [-0.1, -0.05) is 18.9 Å². The Kier molecular flexibility index (Phi) is 8.15. The van der Waals surface area contributed by atoms with Crippen molar-refractivity contribution in [1.29, 1.82) is 0 Å². The number of fused-ring (bicyclic) bond motifs is 1. The summed E-state index contributed by atoms with van der Waals surface area (Å²) in [7, 11) is 0.563. The number of benzene rings is 1. The summed E-state index contributed by atoms with van der Waals surface area (Å²) in [5.74, 6) is -0.234. The number of nitrogens with zero attached hydrogens (tertiary/aromatic N) is 4. The van der Waals surface area contributed by atoms with Crippen molar-refractivity contribution in [2.45, 2.75) is 88.6 Å². The Bertz CT molecular complexity index is 1540. The van der Waals surface area contributed by atoms with Crippen LogP contribution in [0.4, 0.5) is 16.0 Å². The third-order valence-electron chi connectivity index (χ3n) is 8.32. The van der Waals surface area contributed by atoms with Crippen molar-refractivity contribution in [3.63, 3.8) is 0 Å². The third kappa shape index (κ3) is 5.85. The van der Waals surface area contributed by atoms with Crippen molar-refractivity contribution in [2.24, 2.45) is 0 Å². The molecular formula is C29H39FN6O3S. The average Bonchev–Trinajstić information content (AvgIpc) is 3.46. The Hall–Kier alpha value is -3.05. The van der Waals surface area contributed by atoms with Crippen LogP contribution in [-0.2, 0) is 10.0 Å². The number of aromatic nitrogens is 3. The molecule has 1 aromatic carbocycles. The lowest BCUT2D eigenvalue weighted by Gasteiger charge is -2.33. The van der Waals surface area contributed by atoms with Crippen molar-refractivity contribution in [3.8, 4) is 11.1 Å². The van der Waals surface area contributed by atoms with Crippen LogP contribution in [0.3, 0.4) is 0 Å². The maximum atomic E-state index is 15.1. The second-order valence-electron chi connectivity index (χ2n) is 11.7. The third-order valence-corrected chi connectivity index (χ3v) is 10.2. The maximum Gasteiger partial charge on any atom is 0.260 e. The van der Waals surface area contributed by atoms with Crippen LogP contribution in [0.25, 0.3) is 22.2 Å². The summed E-state index contributed by atoms with van der Waals surface area (Å²) in [5, 5.41) is 3.62. The predicted molar refractivity (Wildman–Crippen MR) is 158 cm³/mol. The first-order chi connectivity index (χ1) is 19.0. The zero-order valence-corrected chi connectivity index (χ0v) is 24.5. The van der Waals surface area contributed by atoms with Gasteiger partial charge in [-0.25, -0.2) is 17.8 Å². The van der Waals surface area contributed by atoms with Gasteiger partial charge in [0.15, 0.2) is 0 Å². The van der Waals surface area contributed by atoms with Crippen LogP contribution in [0.1, 0.15) is 71.3 Å². The fourth-order valence-electron chi connectivity index (χ4n) is 6.00. The molecule has 216 valence electrons. The molecule has 0 unspecified atom stereocenters. The van der Waals surface area contributed by atoms with Crippen molar-refractivity contribution in [2.75, 3.05) is 24.1 Å². The predicted octanol–water partition coefficient (Wildman–Crippen LogP) is 5.15. The van der Waals surface area contributed by atoms with Gasteiger partial charge in [-0.3, -0.25) is 14.1 Å². The minimum absolute atomic E-state index is 0.112. The summed E-state index contributed by atoms with van der Waals surface area (Å²) in [6.45, 7) is 3.81. The van der Waals surface area contributed by atoms with Crippen molar-refractivity contribution >= 4 is 32.7 Å². The van der Waals surface area contributed by atoms with Gasteiger partial charge in [0, 0.05) is 35.3 Å². The highest BCUT2D eigenvalue weighted by molar-refractivity contribution is 7.93. The Balaban J connectivity index is 1.43. The van der Waals surface area contributed by atoms with Crippen LogP contribution in [0.2, 0.25) is 0 Å². The van der Waals surface area contributed by atoms with E-state index in [0.29, 0.717) is 47.0 Å². The summed E-state index contributed by atoms with van der Waals surface area (Å²) in [6.07, 6.45) is 8.84. The molecule has 9 nitrogen and oxygen atoms in total. The van der Waals surface area contributed by atoms with E-state index in [0.717, 1.165) is 38.5 Å². The number of sulfonamides is 1. The van der Waals surface area contributed by atoms with Crippen molar-refractivity contribution in [3.05, 3.63) is 46.6 Å². The van der Waals surface area contributed by atoms with Gasteiger partial charge >= 0.3 is 0 Å². The summed E-state index contributed by atoms with van der Waals surface area (Å²) in [5.41, 5.74) is 0.778. The lowest BCUT2D eigenvalue weighted by molar-refractivity contribution is 0.221. The van der Waals surface area contributed by atoms with E-state index in [9.17, 15) is 13.2 Å². The Labute approximate surface area is 235 Å². The van der Waals surface area contributed by atoms with E-state index in [2.05, 4.69) is 34.0 Å². The van der Waals surface area contributed by atoms with Crippen molar-refractivity contribution < 1.29 is 12.8 Å². The minimum Gasteiger partial charge on any atom is -0.351 e. The normalized spacial score (nSPS) is 20.5. The Morgan fingerprint density at radius 2 is 1.75 bits per heavy atom. The van der Waals surface area contributed by atoms with Crippen molar-refractivity contribution in [1.82, 2.24) is 19.4 Å². The fraction of sp³-hybridized carbons (Fsp3) is 0.552. The van der Waals surface area contributed by atoms with E-state index in [1.54, 1.807) is 22.9 Å². The number of nitrogens with one attached hydrogen (secondary N) is 2. The second-order valence-corrected chi connectivity index (χ2v) is 13.6. The van der Waals surface area contributed by atoms with Crippen LogP contribution in [0, 0.1) is 5.82 Å². The van der Waals surface area contributed by atoms with Gasteiger partial charge in [0.2, 0.25) is 16.0 Å². The van der Waals surface area contributed by atoms with Crippen LogP contribution in [0.15, 0.2) is 35.3 Å². The molecule has 40 heavy (non-hydrogen) atoms. The molecule has 0 atom stereocenters. The molecule has 0 spiro atoms. The lowest BCUT2D eigenvalue weighted by atomic mass is 9.91. The molecule has 0 amide bonds. The molecule has 0 bridgehead atoms. The van der Waals surface area contributed by atoms with E-state index < -0.39 is 21.1 Å². The topological polar surface area (TPSA) is 109 Å². The molecule has 5 rings (SSSR count). The van der Waals surface area contributed by atoms with Gasteiger partial charge in [-0.05, 0) is 90.2 Å². The molecule has 2 heterocycles. The fourth-order valence-corrected chi connectivity index (χ4v) is 7.59. The SMILES string of the molecule is CC(C)n1c(=O)c(-c2ccc(NS(=O)(=O)C3CCCC3)c(F)c2)cc2cnc(NC3CCC(N(C)C)CC3)nc21. The van der Waals surface area contributed by atoms with E-state index in [-0.39, 0.29) is 23.3 Å². The number of rotatable bonds is 8. The number of halogens is 1. The van der Waals surface area contributed by atoms with E-state index in [1.165, 1.54) is 12.1 Å². The molecule has 2 saturated carbocycles. The smallest absolute Gasteiger partial charge is 0.260 e. The maximum absolute atomic E-state index is 15.1. The minimum atomic E-state index is -3.67. The van der Waals surface area contributed by atoms with E-state index in [4.69, 9.17) is 4.98 Å². The first kappa shape index (κ1) is 28.5. The standard InChI is InChI=1S/C29H39FN6O3S/c1-18(2)36-27-20(17-31-29(33-27)32-21-10-12-22(13-11-21)35(3)4)15-24(28(36)37)19-9-14-26(25(30)16-19)34-40(38,39)23-7-5-6-8-23/h9,14-18,21-23,34H,5-8,10-13H2,1-4H3,(H,31,32,33). The molecule has 0 saturated heterocycles. The molecule has 2 N–H and O–H groups in total.